The van der Waals surface area contributed by atoms with Gasteiger partial charge in [0.25, 0.3) is 0 Å². The Labute approximate surface area is 141 Å². The van der Waals surface area contributed by atoms with E-state index >= 15 is 0 Å². The van der Waals surface area contributed by atoms with Crippen molar-refractivity contribution in [3.05, 3.63) is 65.1 Å². The molecule has 0 bridgehead atoms. The molecule has 4 rings (SSSR count). The van der Waals surface area contributed by atoms with Crippen LogP contribution in [0, 0.1) is 6.92 Å². The van der Waals surface area contributed by atoms with Crippen LogP contribution in [0.5, 0.6) is 0 Å². The highest BCUT2D eigenvalue weighted by Crippen LogP contribution is 2.28. The number of fused-ring (bicyclic) bond motifs is 1. The van der Waals surface area contributed by atoms with Gasteiger partial charge in [-0.1, -0.05) is 18.2 Å². The number of aryl methyl sites for hydroxylation is 1. The van der Waals surface area contributed by atoms with Crippen LogP contribution in [-0.2, 0) is 11.3 Å². The molecule has 0 saturated carbocycles. The summed E-state index contributed by atoms with van der Waals surface area (Å²) in [6, 6.07) is 13.1. The number of carbonyl (C=O) groups is 1. The highest BCUT2D eigenvalue weighted by Gasteiger charge is 2.19. The second-order valence-corrected chi connectivity index (χ2v) is 6.43. The van der Waals surface area contributed by atoms with E-state index in [4.69, 9.17) is 13.6 Å². The maximum atomic E-state index is 12.3. The van der Waals surface area contributed by atoms with Crippen LogP contribution < -0.4 is 0 Å². The molecule has 0 unspecified atom stereocenters. The first kappa shape index (κ1) is 14.7. The molecule has 0 radical (unpaired) electrons. The highest BCUT2D eigenvalue weighted by molar-refractivity contribution is 7.15. The van der Waals surface area contributed by atoms with E-state index < -0.39 is 5.97 Å². The summed E-state index contributed by atoms with van der Waals surface area (Å²) >= 11 is 1.40. The molecule has 0 aliphatic carbocycles. The number of rotatable bonds is 4. The highest BCUT2D eigenvalue weighted by atomic mass is 32.1. The molecular formula is C18H13NO4S. The molecule has 0 aliphatic rings. The molecule has 3 heterocycles. The number of nitrogens with zero attached hydrogens (tertiary/aromatic N) is 1. The summed E-state index contributed by atoms with van der Waals surface area (Å²) in [5.74, 6) is 0.769. The smallest absolute Gasteiger partial charge is 0.358 e. The number of esters is 1. The lowest BCUT2D eigenvalue weighted by Gasteiger charge is -2.00. The van der Waals surface area contributed by atoms with Crippen molar-refractivity contribution < 1.29 is 18.4 Å². The quantitative estimate of drug-likeness (QED) is 0.499. The van der Waals surface area contributed by atoms with Crippen LogP contribution in [0.15, 0.2) is 57.6 Å². The largest absolute Gasteiger partial charge is 0.462 e. The number of para-hydroxylation sites is 1. The SMILES string of the molecule is Cc1sc(-c2ccco2)nc1C(=O)OCc1cc2ccccc2o1. The number of carbonyl (C=O) groups excluding carboxylic acids is 1. The Morgan fingerprint density at radius 3 is 2.92 bits per heavy atom. The van der Waals surface area contributed by atoms with Crippen molar-refractivity contribution in [3.8, 4) is 10.8 Å². The van der Waals surface area contributed by atoms with E-state index in [9.17, 15) is 4.79 Å². The minimum atomic E-state index is -0.470. The second-order valence-electron chi connectivity index (χ2n) is 5.23. The standard InChI is InChI=1S/C18H13NO4S/c1-11-16(19-17(24-11)15-7-4-8-21-15)18(20)22-10-13-9-12-5-2-3-6-14(12)23-13/h2-9H,10H2,1H3. The number of hydrogen-bond acceptors (Lipinski definition) is 6. The molecule has 1 aromatic carbocycles. The van der Waals surface area contributed by atoms with Crippen molar-refractivity contribution in [1.29, 1.82) is 0 Å². The van der Waals surface area contributed by atoms with Gasteiger partial charge in [0, 0.05) is 10.3 Å². The van der Waals surface area contributed by atoms with E-state index in [2.05, 4.69) is 4.98 Å². The molecule has 0 saturated heterocycles. The van der Waals surface area contributed by atoms with E-state index in [0.29, 0.717) is 22.2 Å². The zero-order valence-electron chi connectivity index (χ0n) is 12.8. The summed E-state index contributed by atoms with van der Waals surface area (Å²) in [5.41, 5.74) is 1.08. The number of thiazole rings is 1. The van der Waals surface area contributed by atoms with Crippen LogP contribution in [0.1, 0.15) is 21.1 Å². The van der Waals surface area contributed by atoms with Crippen molar-refractivity contribution in [2.45, 2.75) is 13.5 Å². The van der Waals surface area contributed by atoms with Crippen LogP contribution in [0.4, 0.5) is 0 Å². The van der Waals surface area contributed by atoms with E-state index in [1.807, 2.05) is 43.3 Å². The average Bonchev–Trinajstić information content (AvgIpc) is 3.31. The number of benzene rings is 1. The van der Waals surface area contributed by atoms with E-state index in [-0.39, 0.29) is 6.61 Å². The lowest BCUT2D eigenvalue weighted by molar-refractivity contribution is 0.0441. The fourth-order valence-electron chi connectivity index (χ4n) is 2.40. The van der Waals surface area contributed by atoms with Crippen LogP contribution in [0.3, 0.4) is 0 Å². The zero-order chi connectivity index (χ0) is 16.5. The topological polar surface area (TPSA) is 65.5 Å². The predicted molar refractivity (Wildman–Crippen MR) is 89.9 cm³/mol. The van der Waals surface area contributed by atoms with Gasteiger partial charge < -0.3 is 13.6 Å². The van der Waals surface area contributed by atoms with Crippen molar-refractivity contribution in [3.63, 3.8) is 0 Å². The maximum absolute atomic E-state index is 12.3. The average molecular weight is 339 g/mol. The third-order valence-corrected chi connectivity index (χ3v) is 4.53. The normalized spacial score (nSPS) is 11.0. The monoisotopic (exact) mass is 339 g/mol. The molecule has 0 N–H and O–H groups in total. The van der Waals surface area contributed by atoms with Gasteiger partial charge in [0.2, 0.25) is 0 Å². The Morgan fingerprint density at radius 2 is 2.12 bits per heavy atom. The number of ether oxygens (including phenoxy) is 1. The Kier molecular flexibility index (Phi) is 3.66. The predicted octanol–water partition coefficient (Wildman–Crippen LogP) is 4.81. The van der Waals surface area contributed by atoms with Crippen LogP contribution >= 0.6 is 11.3 Å². The van der Waals surface area contributed by atoms with Gasteiger partial charge in [-0.2, -0.15) is 0 Å². The van der Waals surface area contributed by atoms with Crippen molar-refractivity contribution in [2.75, 3.05) is 0 Å². The lowest BCUT2D eigenvalue weighted by atomic mass is 10.2. The summed E-state index contributed by atoms with van der Waals surface area (Å²) in [7, 11) is 0. The van der Waals surface area contributed by atoms with Gasteiger partial charge in [-0.05, 0) is 31.2 Å². The van der Waals surface area contributed by atoms with E-state index in [1.165, 1.54) is 11.3 Å². The van der Waals surface area contributed by atoms with Gasteiger partial charge in [-0.3, -0.25) is 0 Å². The van der Waals surface area contributed by atoms with Gasteiger partial charge in [-0.15, -0.1) is 11.3 Å². The Hall–Kier alpha value is -2.86. The molecule has 24 heavy (non-hydrogen) atoms. The summed E-state index contributed by atoms with van der Waals surface area (Å²) in [4.78, 5) is 17.4. The first-order chi connectivity index (χ1) is 11.7. The Bertz CT molecular complexity index is 964. The molecule has 0 aliphatic heterocycles. The van der Waals surface area contributed by atoms with Crippen molar-refractivity contribution >= 4 is 28.3 Å². The molecule has 4 aromatic rings. The molecule has 0 atom stereocenters. The maximum Gasteiger partial charge on any atom is 0.358 e. The third kappa shape index (κ3) is 2.72. The molecule has 3 aromatic heterocycles. The van der Waals surface area contributed by atoms with Gasteiger partial charge in [0.05, 0.1) is 6.26 Å². The van der Waals surface area contributed by atoms with Crippen LogP contribution in [-0.4, -0.2) is 11.0 Å². The molecule has 5 nitrogen and oxygen atoms in total. The summed E-state index contributed by atoms with van der Waals surface area (Å²) in [6.07, 6.45) is 1.58. The van der Waals surface area contributed by atoms with Gasteiger partial charge in [0.1, 0.15) is 18.0 Å². The summed E-state index contributed by atoms with van der Waals surface area (Å²) in [6.45, 7) is 1.91. The number of aromatic nitrogens is 1. The molecule has 6 heteroatoms. The molecule has 120 valence electrons. The van der Waals surface area contributed by atoms with Crippen LogP contribution in [0.2, 0.25) is 0 Å². The van der Waals surface area contributed by atoms with E-state index in [0.717, 1.165) is 15.8 Å². The number of hydrogen-bond donors (Lipinski definition) is 0. The van der Waals surface area contributed by atoms with Crippen molar-refractivity contribution in [1.82, 2.24) is 4.98 Å². The summed E-state index contributed by atoms with van der Waals surface area (Å²) < 4.78 is 16.3. The van der Waals surface area contributed by atoms with Crippen molar-refractivity contribution in [2.24, 2.45) is 0 Å². The first-order valence-electron chi connectivity index (χ1n) is 7.36. The minimum Gasteiger partial charge on any atom is -0.462 e. The minimum absolute atomic E-state index is 0.0700. The zero-order valence-corrected chi connectivity index (χ0v) is 13.6. The van der Waals surface area contributed by atoms with Gasteiger partial charge >= 0.3 is 5.97 Å². The third-order valence-electron chi connectivity index (χ3n) is 3.54. The number of furan rings is 2. The lowest BCUT2D eigenvalue weighted by Crippen LogP contribution is -2.06. The molecule has 0 fully saturated rings. The molecular weight excluding hydrogens is 326 g/mol. The summed E-state index contributed by atoms with van der Waals surface area (Å²) in [5, 5.41) is 1.64. The van der Waals surface area contributed by atoms with Gasteiger partial charge in [-0.25, -0.2) is 9.78 Å². The molecule has 0 amide bonds. The first-order valence-corrected chi connectivity index (χ1v) is 8.18. The molecule has 0 spiro atoms. The van der Waals surface area contributed by atoms with E-state index in [1.54, 1.807) is 12.3 Å². The van der Waals surface area contributed by atoms with Crippen LogP contribution in [0.25, 0.3) is 21.7 Å². The fourth-order valence-corrected chi connectivity index (χ4v) is 3.27. The fraction of sp³-hybridized carbons (Fsp3) is 0.111. The Balaban J connectivity index is 1.50. The van der Waals surface area contributed by atoms with Gasteiger partial charge in [0.15, 0.2) is 16.5 Å². The second kappa shape index (κ2) is 5.98. The Morgan fingerprint density at radius 1 is 1.25 bits per heavy atom.